The Morgan fingerprint density at radius 1 is 1.47 bits per heavy atom. The molecule has 4 nitrogen and oxygen atoms in total. The Balaban J connectivity index is 2.39. The van der Waals surface area contributed by atoms with Crippen LogP contribution < -0.4 is 11.1 Å². The average molecular weight is 236 g/mol. The Hall–Kier alpha value is -1.55. The predicted octanol–water partition coefficient (Wildman–Crippen LogP) is 1.62. The molecule has 0 bridgehead atoms. The molecule has 0 aliphatic rings. The van der Waals surface area contributed by atoms with Gasteiger partial charge in [-0.1, -0.05) is 19.1 Å². The largest absolute Gasteiger partial charge is 0.399 e. The fourth-order valence-electron chi connectivity index (χ4n) is 1.45. The molecule has 0 heterocycles. The molecule has 0 atom stereocenters. The molecule has 0 saturated carbocycles. The maximum atomic E-state index is 11.4. The Bertz CT molecular complexity index is 378. The minimum absolute atomic E-state index is 0.0970. The topological polar surface area (TPSA) is 64.3 Å². The lowest BCUT2D eigenvalue weighted by Crippen LogP contribution is -2.27. The maximum Gasteiger partial charge on any atom is 0.246 e. The number of ether oxygens (including phenoxy) is 1. The highest BCUT2D eigenvalue weighted by Gasteiger charge is 2.04. The van der Waals surface area contributed by atoms with Crippen LogP contribution in [-0.4, -0.2) is 19.1 Å². The Morgan fingerprint density at radius 3 is 2.94 bits per heavy atom. The molecule has 0 aliphatic carbocycles. The molecule has 0 aliphatic heterocycles. The van der Waals surface area contributed by atoms with E-state index >= 15 is 0 Å². The van der Waals surface area contributed by atoms with E-state index in [1.807, 2.05) is 32.0 Å². The summed E-state index contributed by atoms with van der Waals surface area (Å²) in [4.78, 5) is 11.4. The van der Waals surface area contributed by atoms with E-state index in [0.717, 1.165) is 23.2 Å². The fourth-order valence-corrected chi connectivity index (χ4v) is 1.45. The van der Waals surface area contributed by atoms with Crippen LogP contribution in [0.2, 0.25) is 0 Å². The van der Waals surface area contributed by atoms with Crippen LogP contribution in [0.3, 0.4) is 0 Å². The van der Waals surface area contributed by atoms with Crippen molar-refractivity contribution in [3.05, 3.63) is 29.3 Å². The number of hydrogen-bond donors (Lipinski definition) is 2. The van der Waals surface area contributed by atoms with Crippen molar-refractivity contribution in [2.24, 2.45) is 0 Å². The van der Waals surface area contributed by atoms with Gasteiger partial charge in [0.25, 0.3) is 0 Å². The summed E-state index contributed by atoms with van der Waals surface area (Å²) in [6.07, 6.45) is 0.918. The molecule has 0 fully saturated rings. The van der Waals surface area contributed by atoms with Crippen LogP contribution in [0.25, 0.3) is 0 Å². The number of benzene rings is 1. The highest BCUT2D eigenvalue weighted by molar-refractivity contribution is 5.77. The van der Waals surface area contributed by atoms with E-state index < -0.39 is 0 Å². The first-order valence-corrected chi connectivity index (χ1v) is 5.83. The third kappa shape index (κ3) is 4.44. The monoisotopic (exact) mass is 236 g/mol. The second-order valence-corrected chi connectivity index (χ2v) is 3.96. The minimum atomic E-state index is -0.0970. The molecule has 17 heavy (non-hydrogen) atoms. The van der Waals surface area contributed by atoms with Crippen LogP contribution in [0.15, 0.2) is 18.2 Å². The third-order valence-electron chi connectivity index (χ3n) is 2.55. The van der Waals surface area contributed by atoms with Gasteiger partial charge in [0.05, 0.1) is 0 Å². The third-order valence-corrected chi connectivity index (χ3v) is 2.55. The standard InChI is InChI=1S/C13H20N2O2/c1-3-7-17-9-13(16)15-8-11-5-4-6-12(14)10(11)2/h4-6H,3,7-9,14H2,1-2H3,(H,15,16). The Labute approximate surface area is 102 Å². The zero-order chi connectivity index (χ0) is 12.7. The average Bonchev–Trinajstić information content (AvgIpc) is 2.31. The van der Waals surface area contributed by atoms with Gasteiger partial charge in [0.2, 0.25) is 5.91 Å². The van der Waals surface area contributed by atoms with E-state index in [-0.39, 0.29) is 12.5 Å². The van der Waals surface area contributed by atoms with E-state index in [2.05, 4.69) is 5.32 Å². The van der Waals surface area contributed by atoms with Gasteiger partial charge < -0.3 is 15.8 Å². The summed E-state index contributed by atoms with van der Waals surface area (Å²) in [6.45, 7) is 5.18. The number of nitrogens with one attached hydrogen (secondary N) is 1. The van der Waals surface area contributed by atoms with E-state index in [0.29, 0.717) is 13.2 Å². The highest BCUT2D eigenvalue weighted by Crippen LogP contribution is 2.14. The van der Waals surface area contributed by atoms with Gasteiger partial charge in [0.1, 0.15) is 6.61 Å². The molecule has 94 valence electrons. The quantitative estimate of drug-likeness (QED) is 0.582. The second kappa shape index (κ2) is 6.91. The van der Waals surface area contributed by atoms with E-state index in [4.69, 9.17) is 10.5 Å². The predicted molar refractivity (Wildman–Crippen MR) is 68.5 cm³/mol. The molecule has 0 aromatic heterocycles. The molecule has 1 aromatic rings. The first-order valence-electron chi connectivity index (χ1n) is 5.83. The van der Waals surface area contributed by atoms with Gasteiger partial charge in [-0.2, -0.15) is 0 Å². The minimum Gasteiger partial charge on any atom is -0.399 e. The number of amides is 1. The van der Waals surface area contributed by atoms with Crippen LogP contribution in [0.1, 0.15) is 24.5 Å². The van der Waals surface area contributed by atoms with Crippen LogP contribution in [-0.2, 0) is 16.1 Å². The van der Waals surface area contributed by atoms with Crippen LogP contribution in [0.5, 0.6) is 0 Å². The first kappa shape index (κ1) is 13.5. The van der Waals surface area contributed by atoms with E-state index in [9.17, 15) is 4.79 Å². The van der Waals surface area contributed by atoms with Crippen molar-refractivity contribution in [2.75, 3.05) is 18.9 Å². The second-order valence-electron chi connectivity index (χ2n) is 3.96. The first-order chi connectivity index (χ1) is 8.15. The molecule has 0 spiro atoms. The number of carbonyl (C=O) groups excluding carboxylic acids is 1. The van der Waals surface area contributed by atoms with Crippen molar-refractivity contribution in [1.29, 1.82) is 0 Å². The number of nitrogens with two attached hydrogens (primary N) is 1. The van der Waals surface area contributed by atoms with Gasteiger partial charge in [0, 0.05) is 18.8 Å². The van der Waals surface area contributed by atoms with Crippen LogP contribution in [0, 0.1) is 6.92 Å². The summed E-state index contributed by atoms with van der Waals surface area (Å²) in [7, 11) is 0. The number of hydrogen-bond acceptors (Lipinski definition) is 3. The molecular weight excluding hydrogens is 216 g/mol. The lowest BCUT2D eigenvalue weighted by atomic mass is 10.1. The number of anilines is 1. The molecular formula is C13H20N2O2. The molecule has 3 N–H and O–H groups in total. The van der Waals surface area contributed by atoms with Crippen molar-refractivity contribution in [1.82, 2.24) is 5.32 Å². The highest BCUT2D eigenvalue weighted by atomic mass is 16.5. The molecule has 1 aromatic carbocycles. The van der Waals surface area contributed by atoms with E-state index in [1.54, 1.807) is 0 Å². The van der Waals surface area contributed by atoms with E-state index in [1.165, 1.54) is 0 Å². The molecule has 0 saturated heterocycles. The number of rotatable bonds is 6. The summed E-state index contributed by atoms with van der Waals surface area (Å²) in [6, 6.07) is 5.70. The van der Waals surface area contributed by atoms with Crippen LogP contribution in [0.4, 0.5) is 5.69 Å². The number of carbonyl (C=O) groups is 1. The SMILES string of the molecule is CCCOCC(=O)NCc1cccc(N)c1C. The fraction of sp³-hybridized carbons (Fsp3) is 0.462. The Morgan fingerprint density at radius 2 is 2.24 bits per heavy atom. The smallest absolute Gasteiger partial charge is 0.246 e. The maximum absolute atomic E-state index is 11.4. The summed E-state index contributed by atoms with van der Waals surface area (Å²) < 4.78 is 5.15. The zero-order valence-corrected chi connectivity index (χ0v) is 10.5. The lowest BCUT2D eigenvalue weighted by molar-refractivity contribution is -0.125. The van der Waals surface area contributed by atoms with Gasteiger partial charge in [-0.25, -0.2) is 0 Å². The summed E-state index contributed by atoms with van der Waals surface area (Å²) >= 11 is 0. The summed E-state index contributed by atoms with van der Waals surface area (Å²) in [5.74, 6) is -0.0970. The molecule has 1 rings (SSSR count). The number of nitrogen functional groups attached to an aromatic ring is 1. The van der Waals surface area contributed by atoms with Crippen molar-refractivity contribution >= 4 is 11.6 Å². The van der Waals surface area contributed by atoms with Crippen molar-refractivity contribution in [3.8, 4) is 0 Å². The van der Waals surface area contributed by atoms with Crippen molar-refractivity contribution in [3.63, 3.8) is 0 Å². The lowest BCUT2D eigenvalue weighted by Gasteiger charge is -2.09. The van der Waals surface area contributed by atoms with Crippen molar-refractivity contribution < 1.29 is 9.53 Å². The van der Waals surface area contributed by atoms with Crippen LogP contribution >= 0.6 is 0 Å². The summed E-state index contributed by atoms with van der Waals surface area (Å²) in [5.41, 5.74) is 8.59. The molecule has 1 amide bonds. The van der Waals surface area contributed by atoms with Gasteiger partial charge in [0.15, 0.2) is 0 Å². The van der Waals surface area contributed by atoms with Gasteiger partial charge in [-0.05, 0) is 30.5 Å². The van der Waals surface area contributed by atoms with Crippen molar-refractivity contribution in [2.45, 2.75) is 26.8 Å². The molecule has 4 heteroatoms. The van der Waals surface area contributed by atoms with Gasteiger partial charge >= 0.3 is 0 Å². The zero-order valence-electron chi connectivity index (χ0n) is 10.5. The van der Waals surface area contributed by atoms with Gasteiger partial charge in [-0.3, -0.25) is 4.79 Å². The molecule has 0 radical (unpaired) electrons. The normalized spacial score (nSPS) is 10.2. The summed E-state index contributed by atoms with van der Waals surface area (Å²) in [5, 5.41) is 2.81. The molecule has 0 unspecified atom stereocenters. The van der Waals surface area contributed by atoms with Gasteiger partial charge in [-0.15, -0.1) is 0 Å². The Kier molecular flexibility index (Phi) is 5.49.